The van der Waals surface area contributed by atoms with Crippen molar-refractivity contribution in [2.75, 3.05) is 0 Å². The molecule has 0 amide bonds. The van der Waals surface area contributed by atoms with Gasteiger partial charge in [0.1, 0.15) is 0 Å². The molecular formula is C19H24O4. The Labute approximate surface area is 136 Å². The molecule has 1 atom stereocenters. The van der Waals surface area contributed by atoms with Crippen LogP contribution in [0.4, 0.5) is 0 Å². The number of aliphatic hydroxyl groups is 2. The van der Waals surface area contributed by atoms with Crippen LogP contribution in [0.1, 0.15) is 57.8 Å². The first-order valence-electron chi connectivity index (χ1n) is 8.65. The van der Waals surface area contributed by atoms with Gasteiger partial charge in [-0.05, 0) is 38.0 Å². The molecule has 0 bridgehead atoms. The molecule has 23 heavy (non-hydrogen) atoms. The SMILES string of the molecule is O=C1CCCC(O)=C1C(C1=C(O)CCCC1=O)[C@@H]1CC=CCC1. The van der Waals surface area contributed by atoms with Crippen LogP contribution in [0.25, 0.3) is 0 Å². The maximum Gasteiger partial charge on any atom is 0.162 e. The van der Waals surface area contributed by atoms with Crippen molar-refractivity contribution >= 4 is 11.6 Å². The third-order valence-corrected chi connectivity index (χ3v) is 5.26. The maximum atomic E-state index is 12.5. The van der Waals surface area contributed by atoms with E-state index < -0.39 is 5.92 Å². The number of carbonyl (C=O) groups is 2. The number of hydrogen-bond acceptors (Lipinski definition) is 4. The van der Waals surface area contributed by atoms with E-state index in [1.54, 1.807) is 0 Å². The lowest BCUT2D eigenvalue weighted by atomic mass is 9.69. The highest BCUT2D eigenvalue weighted by atomic mass is 16.3. The Hall–Kier alpha value is -1.84. The Morgan fingerprint density at radius 3 is 1.87 bits per heavy atom. The second-order valence-electron chi connectivity index (χ2n) is 6.80. The molecule has 3 rings (SSSR count). The van der Waals surface area contributed by atoms with Crippen LogP contribution < -0.4 is 0 Å². The van der Waals surface area contributed by atoms with Crippen molar-refractivity contribution in [2.45, 2.75) is 57.8 Å². The largest absolute Gasteiger partial charge is 0.512 e. The fourth-order valence-corrected chi connectivity index (χ4v) is 4.13. The van der Waals surface area contributed by atoms with Gasteiger partial charge in [0, 0.05) is 42.7 Å². The predicted octanol–water partition coefficient (Wildman–Crippen LogP) is 4.09. The molecule has 0 aromatic heterocycles. The highest BCUT2D eigenvalue weighted by molar-refractivity contribution is 6.03. The summed E-state index contributed by atoms with van der Waals surface area (Å²) in [7, 11) is 0. The van der Waals surface area contributed by atoms with E-state index in [4.69, 9.17) is 0 Å². The minimum atomic E-state index is -0.444. The number of hydrogen-bond donors (Lipinski definition) is 2. The lowest BCUT2D eigenvalue weighted by Crippen LogP contribution is -2.32. The van der Waals surface area contributed by atoms with Crippen LogP contribution in [-0.4, -0.2) is 21.8 Å². The van der Waals surface area contributed by atoms with Crippen LogP contribution in [0.5, 0.6) is 0 Å². The first-order valence-corrected chi connectivity index (χ1v) is 8.65. The monoisotopic (exact) mass is 316 g/mol. The second-order valence-corrected chi connectivity index (χ2v) is 6.80. The fourth-order valence-electron chi connectivity index (χ4n) is 4.13. The second kappa shape index (κ2) is 6.73. The lowest BCUT2D eigenvalue weighted by molar-refractivity contribution is -0.117. The minimum absolute atomic E-state index is 0.0630. The van der Waals surface area contributed by atoms with Gasteiger partial charge in [0.2, 0.25) is 0 Å². The molecule has 3 aliphatic carbocycles. The van der Waals surface area contributed by atoms with Gasteiger partial charge in [-0.25, -0.2) is 0 Å². The zero-order chi connectivity index (χ0) is 16.4. The minimum Gasteiger partial charge on any atom is -0.512 e. The number of aliphatic hydroxyl groups excluding tert-OH is 2. The molecule has 0 aliphatic heterocycles. The maximum absolute atomic E-state index is 12.5. The van der Waals surface area contributed by atoms with Crippen molar-refractivity contribution < 1.29 is 19.8 Å². The zero-order valence-electron chi connectivity index (χ0n) is 13.4. The van der Waals surface area contributed by atoms with Crippen LogP contribution in [0, 0.1) is 11.8 Å². The molecule has 0 saturated carbocycles. The van der Waals surface area contributed by atoms with Crippen LogP contribution in [-0.2, 0) is 9.59 Å². The van der Waals surface area contributed by atoms with Crippen LogP contribution in [0.15, 0.2) is 34.8 Å². The first-order chi connectivity index (χ1) is 11.1. The molecule has 4 heteroatoms. The number of allylic oxidation sites excluding steroid dienone is 6. The molecule has 0 fully saturated rings. The Bertz CT molecular complexity index is 567. The van der Waals surface area contributed by atoms with Crippen molar-refractivity contribution in [2.24, 2.45) is 11.8 Å². The summed E-state index contributed by atoms with van der Waals surface area (Å²) in [5, 5.41) is 20.7. The molecule has 0 spiro atoms. The topological polar surface area (TPSA) is 74.6 Å². The quantitative estimate of drug-likeness (QED) is 0.769. The molecule has 0 unspecified atom stereocenters. The highest BCUT2D eigenvalue weighted by Crippen LogP contribution is 2.43. The summed E-state index contributed by atoms with van der Waals surface area (Å²) >= 11 is 0. The van der Waals surface area contributed by atoms with E-state index >= 15 is 0 Å². The van der Waals surface area contributed by atoms with Crippen LogP contribution in [0.3, 0.4) is 0 Å². The van der Waals surface area contributed by atoms with Gasteiger partial charge in [0.25, 0.3) is 0 Å². The summed E-state index contributed by atoms with van der Waals surface area (Å²) < 4.78 is 0. The Morgan fingerprint density at radius 2 is 1.43 bits per heavy atom. The van der Waals surface area contributed by atoms with E-state index in [2.05, 4.69) is 12.2 Å². The van der Waals surface area contributed by atoms with E-state index in [1.807, 2.05) is 0 Å². The van der Waals surface area contributed by atoms with Crippen molar-refractivity contribution in [3.8, 4) is 0 Å². The van der Waals surface area contributed by atoms with E-state index in [9.17, 15) is 19.8 Å². The van der Waals surface area contributed by atoms with E-state index in [1.165, 1.54) is 0 Å². The van der Waals surface area contributed by atoms with Gasteiger partial charge in [-0.3, -0.25) is 9.59 Å². The Morgan fingerprint density at radius 1 is 0.870 bits per heavy atom. The molecule has 0 radical (unpaired) electrons. The van der Waals surface area contributed by atoms with Crippen molar-refractivity contribution in [1.82, 2.24) is 0 Å². The van der Waals surface area contributed by atoms with Crippen LogP contribution in [0.2, 0.25) is 0 Å². The Kier molecular flexibility index (Phi) is 4.69. The third kappa shape index (κ3) is 3.12. The van der Waals surface area contributed by atoms with Gasteiger partial charge in [0.05, 0.1) is 11.5 Å². The van der Waals surface area contributed by atoms with Crippen molar-refractivity contribution in [3.05, 3.63) is 34.8 Å². The molecule has 3 aliphatic rings. The molecule has 0 aromatic carbocycles. The summed E-state index contributed by atoms with van der Waals surface area (Å²) in [6.07, 6.45) is 9.87. The van der Waals surface area contributed by atoms with Gasteiger partial charge < -0.3 is 10.2 Å². The number of carbonyl (C=O) groups excluding carboxylic acids is 2. The summed E-state index contributed by atoms with van der Waals surface area (Å²) in [4.78, 5) is 25.0. The third-order valence-electron chi connectivity index (χ3n) is 5.26. The molecule has 124 valence electrons. The standard InChI is InChI=1S/C19H24O4/c20-13-8-4-9-14(21)18(13)17(12-6-2-1-3-7-12)19-15(22)10-5-11-16(19)23/h1-2,12,17,20,22H,3-11H2/t12-/m1/s1. The molecule has 2 N–H and O–H groups in total. The van der Waals surface area contributed by atoms with E-state index in [0.717, 1.165) is 19.3 Å². The fraction of sp³-hybridized carbons (Fsp3) is 0.579. The zero-order valence-corrected chi connectivity index (χ0v) is 13.4. The Balaban J connectivity index is 2.09. The lowest BCUT2D eigenvalue weighted by Gasteiger charge is -2.34. The molecule has 4 nitrogen and oxygen atoms in total. The number of ketones is 2. The predicted molar refractivity (Wildman–Crippen MR) is 87.0 cm³/mol. The average molecular weight is 316 g/mol. The molecule has 0 heterocycles. The highest BCUT2D eigenvalue weighted by Gasteiger charge is 2.40. The average Bonchev–Trinajstić information content (AvgIpc) is 2.53. The van der Waals surface area contributed by atoms with E-state index in [0.29, 0.717) is 49.7 Å². The van der Waals surface area contributed by atoms with Gasteiger partial charge >= 0.3 is 0 Å². The van der Waals surface area contributed by atoms with Gasteiger partial charge in [-0.1, -0.05) is 12.2 Å². The number of rotatable bonds is 3. The van der Waals surface area contributed by atoms with Gasteiger partial charge in [-0.15, -0.1) is 0 Å². The summed E-state index contributed by atoms with van der Waals surface area (Å²) in [6, 6.07) is 0. The van der Waals surface area contributed by atoms with Crippen molar-refractivity contribution in [3.63, 3.8) is 0 Å². The smallest absolute Gasteiger partial charge is 0.162 e. The van der Waals surface area contributed by atoms with Gasteiger partial charge in [0.15, 0.2) is 11.6 Å². The molecule has 0 aromatic rings. The van der Waals surface area contributed by atoms with Gasteiger partial charge in [-0.2, -0.15) is 0 Å². The van der Waals surface area contributed by atoms with Crippen molar-refractivity contribution in [1.29, 1.82) is 0 Å². The summed E-state index contributed by atoms with van der Waals surface area (Å²) in [5.74, 6) is -0.225. The normalized spacial score (nSPS) is 26.4. The van der Waals surface area contributed by atoms with Crippen LogP contribution >= 0.6 is 0 Å². The number of Topliss-reactive ketones (excluding diaryl/α,β-unsaturated/α-hetero) is 2. The first kappa shape index (κ1) is 16.0. The summed E-state index contributed by atoms with van der Waals surface area (Å²) in [5.41, 5.74) is 0.793. The van der Waals surface area contributed by atoms with E-state index in [-0.39, 0.29) is 29.0 Å². The molecular weight excluding hydrogens is 292 g/mol. The molecule has 0 saturated heterocycles. The summed E-state index contributed by atoms with van der Waals surface area (Å²) in [6.45, 7) is 0.